The zero-order valence-corrected chi connectivity index (χ0v) is 13.9. The van der Waals surface area contributed by atoms with Crippen LogP contribution in [0.3, 0.4) is 0 Å². The first kappa shape index (κ1) is 15.8. The summed E-state index contributed by atoms with van der Waals surface area (Å²) in [6.45, 7) is 6.29. The number of nitrogens with one attached hydrogen (secondary N) is 2. The molecule has 22 heavy (non-hydrogen) atoms. The first-order valence-electron chi connectivity index (χ1n) is 8.12. The molecule has 0 aromatic carbocycles. The topological polar surface area (TPSA) is 53.6 Å². The number of carbonyl (C=O) groups excluding carboxylic acids is 1. The zero-order chi connectivity index (χ0) is 15.4. The minimum atomic E-state index is -0.103. The van der Waals surface area contributed by atoms with E-state index in [0.717, 1.165) is 13.2 Å². The van der Waals surface area contributed by atoms with Gasteiger partial charge in [0.2, 0.25) is 0 Å². The van der Waals surface area contributed by atoms with Crippen molar-refractivity contribution in [2.75, 3.05) is 32.8 Å². The number of hydrogen-bond acceptors (Lipinski definition) is 4. The Kier molecular flexibility index (Phi) is 5.33. The molecule has 1 aromatic heterocycles. The van der Waals surface area contributed by atoms with Gasteiger partial charge in [-0.25, -0.2) is 4.79 Å². The maximum atomic E-state index is 11.9. The predicted octanol–water partition coefficient (Wildman–Crippen LogP) is 2.01. The van der Waals surface area contributed by atoms with Crippen molar-refractivity contribution in [3.8, 4) is 0 Å². The van der Waals surface area contributed by atoms with E-state index in [1.54, 1.807) is 11.3 Å². The quantitative estimate of drug-likeness (QED) is 0.871. The molecule has 1 aromatic rings. The number of morpholine rings is 1. The van der Waals surface area contributed by atoms with Crippen molar-refractivity contribution >= 4 is 17.4 Å². The molecular weight excluding hydrogens is 298 g/mol. The highest BCUT2D eigenvalue weighted by Gasteiger charge is 2.32. The summed E-state index contributed by atoms with van der Waals surface area (Å²) in [5.74, 6) is 0.341. The number of fused-ring (bicyclic) bond motifs is 1. The van der Waals surface area contributed by atoms with Gasteiger partial charge in [0, 0.05) is 25.7 Å². The van der Waals surface area contributed by atoms with E-state index < -0.39 is 0 Å². The van der Waals surface area contributed by atoms with Crippen LogP contribution in [0.25, 0.3) is 0 Å². The summed E-state index contributed by atoms with van der Waals surface area (Å²) in [4.78, 5) is 14.4. The third kappa shape index (κ3) is 4.00. The minimum absolute atomic E-state index is 0.103. The van der Waals surface area contributed by atoms with E-state index in [1.807, 2.05) is 0 Å². The van der Waals surface area contributed by atoms with Crippen molar-refractivity contribution in [2.45, 2.75) is 37.8 Å². The molecule has 3 heterocycles. The van der Waals surface area contributed by atoms with Gasteiger partial charge in [0.25, 0.3) is 0 Å². The Morgan fingerprint density at radius 3 is 3.27 bits per heavy atom. The highest BCUT2D eigenvalue weighted by Crippen LogP contribution is 2.22. The third-order valence-corrected chi connectivity index (χ3v) is 5.33. The first-order valence-corrected chi connectivity index (χ1v) is 9.06. The van der Waals surface area contributed by atoms with E-state index in [9.17, 15) is 4.79 Å². The van der Waals surface area contributed by atoms with Crippen LogP contribution in [0, 0.1) is 0 Å². The lowest BCUT2D eigenvalue weighted by Gasteiger charge is -2.35. The monoisotopic (exact) mass is 323 g/mol. The molecule has 0 bridgehead atoms. The van der Waals surface area contributed by atoms with Crippen LogP contribution >= 0.6 is 11.3 Å². The Morgan fingerprint density at radius 1 is 1.55 bits per heavy atom. The Labute approximate surface area is 136 Å². The standard InChI is InChI=1S/C16H25N3O2S/c1-12(13-4-6-22-11-13)7-17-16(20)18-8-15-9-19-5-2-3-14(19)10-21-15/h4,6,11-12,14-15H,2-3,5,7-10H2,1H3,(H2,17,18,20)/t12-,14+,15-/m1/s1. The molecule has 2 amide bonds. The molecule has 3 atom stereocenters. The van der Waals surface area contributed by atoms with Gasteiger partial charge in [-0.2, -0.15) is 11.3 Å². The van der Waals surface area contributed by atoms with E-state index >= 15 is 0 Å². The Hall–Kier alpha value is -1.11. The van der Waals surface area contributed by atoms with Crippen LogP contribution in [0.2, 0.25) is 0 Å². The summed E-state index contributed by atoms with van der Waals surface area (Å²) in [7, 11) is 0. The van der Waals surface area contributed by atoms with Crippen molar-refractivity contribution in [3.05, 3.63) is 22.4 Å². The molecule has 5 nitrogen and oxygen atoms in total. The summed E-state index contributed by atoms with van der Waals surface area (Å²) in [5, 5.41) is 10.1. The average molecular weight is 323 g/mol. The van der Waals surface area contributed by atoms with Crippen LogP contribution < -0.4 is 10.6 Å². The molecule has 0 spiro atoms. The summed E-state index contributed by atoms with van der Waals surface area (Å²) in [6, 6.07) is 2.61. The number of carbonyl (C=O) groups is 1. The van der Waals surface area contributed by atoms with Gasteiger partial charge in [-0.05, 0) is 47.7 Å². The number of nitrogens with zero attached hydrogens (tertiary/aromatic N) is 1. The maximum absolute atomic E-state index is 11.9. The van der Waals surface area contributed by atoms with E-state index in [0.29, 0.717) is 25.0 Å². The summed E-state index contributed by atoms with van der Waals surface area (Å²) in [6.07, 6.45) is 2.64. The van der Waals surface area contributed by atoms with Crippen molar-refractivity contribution in [2.24, 2.45) is 0 Å². The highest BCUT2D eigenvalue weighted by molar-refractivity contribution is 7.07. The molecule has 2 N–H and O–H groups in total. The average Bonchev–Trinajstić information content (AvgIpc) is 3.20. The van der Waals surface area contributed by atoms with E-state index in [2.05, 4.69) is 39.3 Å². The first-order chi connectivity index (χ1) is 10.7. The van der Waals surface area contributed by atoms with Gasteiger partial charge < -0.3 is 15.4 Å². The van der Waals surface area contributed by atoms with Gasteiger partial charge >= 0.3 is 6.03 Å². The number of amides is 2. The van der Waals surface area contributed by atoms with Crippen molar-refractivity contribution < 1.29 is 9.53 Å². The molecule has 0 aliphatic carbocycles. The van der Waals surface area contributed by atoms with Gasteiger partial charge in [-0.1, -0.05) is 6.92 Å². The lowest BCUT2D eigenvalue weighted by atomic mass is 10.1. The maximum Gasteiger partial charge on any atom is 0.314 e. The largest absolute Gasteiger partial charge is 0.373 e. The minimum Gasteiger partial charge on any atom is -0.373 e. The third-order valence-electron chi connectivity index (χ3n) is 4.63. The molecule has 0 unspecified atom stereocenters. The zero-order valence-electron chi connectivity index (χ0n) is 13.1. The lowest BCUT2D eigenvalue weighted by Crippen LogP contribution is -2.51. The van der Waals surface area contributed by atoms with Crippen LogP contribution in [0.5, 0.6) is 0 Å². The molecule has 2 aliphatic heterocycles. The summed E-state index contributed by atoms with van der Waals surface area (Å²) in [5.41, 5.74) is 1.28. The molecule has 3 rings (SSSR count). The molecule has 2 aliphatic rings. The Morgan fingerprint density at radius 2 is 2.45 bits per heavy atom. The number of thiophene rings is 1. The molecule has 2 fully saturated rings. The van der Waals surface area contributed by atoms with Crippen LogP contribution in [0.15, 0.2) is 16.8 Å². The van der Waals surface area contributed by atoms with Gasteiger partial charge in [-0.15, -0.1) is 0 Å². The molecular formula is C16H25N3O2S. The van der Waals surface area contributed by atoms with Gasteiger partial charge in [0.05, 0.1) is 12.7 Å². The van der Waals surface area contributed by atoms with Gasteiger partial charge in [-0.3, -0.25) is 4.90 Å². The molecule has 0 radical (unpaired) electrons. The van der Waals surface area contributed by atoms with Crippen LogP contribution in [0.1, 0.15) is 31.2 Å². The van der Waals surface area contributed by atoms with Crippen LogP contribution in [-0.4, -0.2) is 55.9 Å². The lowest BCUT2D eigenvalue weighted by molar-refractivity contribution is -0.0457. The predicted molar refractivity (Wildman–Crippen MR) is 88.5 cm³/mol. The Bertz CT molecular complexity index is 480. The second kappa shape index (κ2) is 7.44. The van der Waals surface area contributed by atoms with Crippen LogP contribution in [0.4, 0.5) is 4.79 Å². The SMILES string of the molecule is C[C@H](CNC(=O)NC[C@@H]1CN2CCC[C@H]2CO1)c1ccsc1. The molecule has 0 saturated carbocycles. The second-order valence-corrected chi connectivity index (χ2v) is 7.08. The number of urea groups is 1. The fourth-order valence-corrected chi connectivity index (χ4v) is 3.98. The second-order valence-electron chi connectivity index (χ2n) is 6.29. The van der Waals surface area contributed by atoms with Crippen LogP contribution in [-0.2, 0) is 4.74 Å². The highest BCUT2D eigenvalue weighted by atomic mass is 32.1. The van der Waals surface area contributed by atoms with Crippen molar-refractivity contribution in [3.63, 3.8) is 0 Å². The summed E-state index contributed by atoms with van der Waals surface area (Å²) >= 11 is 1.69. The van der Waals surface area contributed by atoms with Gasteiger partial charge in [0.1, 0.15) is 0 Å². The fraction of sp³-hybridized carbons (Fsp3) is 0.688. The smallest absolute Gasteiger partial charge is 0.314 e. The van der Waals surface area contributed by atoms with Crippen molar-refractivity contribution in [1.82, 2.24) is 15.5 Å². The number of rotatable bonds is 5. The number of hydrogen-bond donors (Lipinski definition) is 2. The van der Waals surface area contributed by atoms with E-state index in [1.165, 1.54) is 24.9 Å². The van der Waals surface area contributed by atoms with E-state index in [4.69, 9.17) is 4.74 Å². The van der Waals surface area contributed by atoms with E-state index in [-0.39, 0.29) is 12.1 Å². The molecule has 2 saturated heterocycles. The van der Waals surface area contributed by atoms with Crippen molar-refractivity contribution in [1.29, 1.82) is 0 Å². The summed E-state index contributed by atoms with van der Waals surface area (Å²) < 4.78 is 5.84. The number of ether oxygens (including phenoxy) is 1. The molecule has 6 heteroatoms. The Balaban J connectivity index is 1.34. The molecule has 122 valence electrons. The fourth-order valence-electron chi connectivity index (χ4n) is 3.20. The van der Waals surface area contributed by atoms with Gasteiger partial charge in [0.15, 0.2) is 0 Å². The normalized spacial score (nSPS) is 26.4.